The van der Waals surface area contributed by atoms with E-state index in [1.54, 1.807) is 24.3 Å². The van der Waals surface area contributed by atoms with Gasteiger partial charge in [0.25, 0.3) is 0 Å². The third-order valence-corrected chi connectivity index (χ3v) is 7.27. The van der Waals surface area contributed by atoms with Gasteiger partial charge in [-0.25, -0.2) is 12.7 Å². The number of sulfonamides is 1. The Balaban J connectivity index is 1.50. The number of halogens is 1. The highest BCUT2D eigenvalue weighted by Crippen LogP contribution is 2.22. The van der Waals surface area contributed by atoms with Crippen LogP contribution >= 0.6 is 11.6 Å². The molecule has 2 aliphatic rings. The molecule has 1 aromatic carbocycles. The number of carbonyl (C=O) groups is 1. The molecule has 0 aliphatic carbocycles. The van der Waals surface area contributed by atoms with Crippen LogP contribution in [-0.4, -0.2) is 76.0 Å². The quantitative estimate of drug-likeness (QED) is 0.707. The van der Waals surface area contributed by atoms with Crippen molar-refractivity contribution >= 4 is 27.5 Å². The molecule has 2 fully saturated rings. The van der Waals surface area contributed by atoms with Crippen molar-refractivity contribution in [3.8, 4) is 0 Å². The second kappa shape index (κ2) is 10.0. The van der Waals surface area contributed by atoms with E-state index in [4.69, 9.17) is 16.3 Å². The van der Waals surface area contributed by atoms with Gasteiger partial charge in [0.1, 0.15) is 0 Å². The summed E-state index contributed by atoms with van der Waals surface area (Å²) < 4.78 is 32.3. The highest BCUT2D eigenvalue weighted by atomic mass is 35.5. The molecule has 0 spiro atoms. The SMILES string of the molecule is O=C(NCCN1CCOCC1)[C@@H]1CCCN(S(=O)(=O)Cc2cccc(Cl)c2)C1. The minimum atomic E-state index is -3.48. The Bertz CT molecular complexity index is 768. The van der Waals surface area contributed by atoms with Gasteiger partial charge in [0.2, 0.25) is 15.9 Å². The van der Waals surface area contributed by atoms with E-state index < -0.39 is 10.0 Å². The molecule has 1 amide bonds. The van der Waals surface area contributed by atoms with Gasteiger partial charge in [0, 0.05) is 44.3 Å². The van der Waals surface area contributed by atoms with Gasteiger partial charge in [0.05, 0.1) is 24.9 Å². The summed E-state index contributed by atoms with van der Waals surface area (Å²) in [6, 6.07) is 6.88. The minimum absolute atomic E-state index is 0.0593. The first-order valence-electron chi connectivity index (χ1n) is 9.74. The van der Waals surface area contributed by atoms with Crippen LogP contribution in [0.5, 0.6) is 0 Å². The van der Waals surface area contributed by atoms with Crippen LogP contribution in [0.3, 0.4) is 0 Å². The summed E-state index contributed by atoms with van der Waals surface area (Å²) in [5.74, 6) is -0.456. The lowest BCUT2D eigenvalue weighted by Gasteiger charge is -2.31. The van der Waals surface area contributed by atoms with Crippen LogP contribution in [0.4, 0.5) is 0 Å². The number of hydrogen-bond acceptors (Lipinski definition) is 5. The molecule has 2 aliphatic heterocycles. The van der Waals surface area contributed by atoms with Crippen molar-refractivity contribution in [1.29, 1.82) is 0 Å². The van der Waals surface area contributed by atoms with Gasteiger partial charge >= 0.3 is 0 Å². The minimum Gasteiger partial charge on any atom is -0.379 e. The van der Waals surface area contributed by atoms with E-state index in [1.165, 1.54) is 4.31 Å². The molecule has 0 radical (unpaired) electrons. The number of amides is 1. The predicted molar refractivity (Wildman–Crippen MR) is 109 cm³/mol. The molecule has 28 heavy (non-hydrogen) atoms. The molecule has 9 heteroatoms. The van der Waals surface area contributed by atoms with Gasteiger partial charge in [0.15, 0.2) is 0 Å². The first kappa shape index (κ1) is 21.5. The Kier molecular flexibility index (Phi) is 7.70. The average molecular weight is 430 g/mol. The maximum Gasteiger partial charge on any atom is 0.224 e. The third-order valence-electron chi connectivity index (χ3n) is 5.22. The van der Waals surface area contributed by atoms with Crippen molar-refractivity contribution in [2.24, 2.45) is 5.92 Å². The summed E-state index contributed by atoms with van der Waals surface area (Å²) in [4.78, 5) is 14.8. The lowest BCUT2D eigenvalue weighted by molar-refractivity contribution is -0.126. The molecule has 0 saturated carbocycles. The molecule has 156 valence electrons. The topological polar surface area (TPSA) is 79.0 Å². The predicted octanol–water partition coefficient (Wildman–Crippen LogP) is 1.33. The van der Waals surface area contributed by atoms with Gasteiger partial charge < -0.3 is 10.1 Å². The van der Waals surface area contributed by atoms with Gasteiger partial charge in [-0.3, -0.25) is 9.69 Å². The van der Waals surface area contributed by atoms with Gasteiger partial charge in [-0.1, -0.05) is 23.7 Å². The van der Waals surface area contributed by atoms with Crippen LogP contribution < -0.4 is 5.32 Å². The summed E-state index contributed by atoms with van der Waals surface area (Å²) in [5.41, 5.74) is 0.657. The lowest BCUT2D eigenvalue weighted by atomic mass is 9.99. The van der Waals surface area contributed by atoms with E-state index >= 15 is 0 Å². The molecule has 1 N–H and O–H groups in total. The number of ether oxygens (including phenoxy) is 1. The number of nitrogens with zero attached hydrogens (tertiary/aromatic N) is 2. The summed E-state index contributed by atoms with van der Waals surface area (Å²) in [7, 11) is -3.48. The fourth-order valence-electron chi connectivity index (χ4n) is 3.64. The van der Waals surface area contributed by atoms with Crippen molar-refractivity contribution in [2.75, 3.05) is 52.5 Å². The van der Waals surface area contributed by atoms with E-state index in [1.807, 2.05) is 0 Å². The van der Waals surface area contributed by atoms with Crippen molar-refractivity contribution in [2.45, 2.75) is 18.6 Å². The summed E-state index contributed by atoms with van der Waals surface area (Å²) in [6.07, 6.45) is 1.41. The number of rotatable bonds is 7. The maximum atomic E-state index is 12.8. The van der Waals surface area contributed by atoms with Crippen molar-refractivity contribution in [3.05, 3.63) is 34.9 Å². The van der Waals surface area contributed by atoms with Crippen LogP contribution in [0.15, 0.2) is 24.3 Å². The van der Waals surface area contributed by atoms with E-state index in [0.29, 0.717) is 36.5 Å². The van der Waals surface area contributed by atoms with Crippen molar-refractivity contribution < 1.29 is 17.9 Å². The molecule has 0 unspecified atom stereocenters. The smallest absolute Gasteiger partial charge is 0.224 e. The van der Waals surface area contributed by atoms with Crippen LogP contribution in [0.1, 0.15) is 18.4 Å². The van der Waals surface area contributed by atoms with Crippen LogP contribution in [-0.2, 0) is 25.3 Å². The number of hydrogen-bond donors (Lipinski definition) is 1. The number of piperidine rings is 1. The second-order valence-corrected chi connectivity index (χ2v) is 9.73. The zero-order valence-electron chi connectivity index (χ0n) is 16.0. The van der Waals surface area contributed by atoms with Crippen LogP contribution in [0.25, 0.3) is 0 Å². The molecular weight excluding hydrogens is 402 g/mol. The van der Waals surface area contributed by atoms with Crippen LogP contribution in [0.2, 0.25) is 5.02 Å². The maximum absolute atomic E-state index is 12.8. The monoisotopic (exact) mass is 429 g/mol. The molecule has 1 aromatic rings. The number of carbonyl (C=O) groups excluding carboxylic acids is 1. The van der Waals surface area contributed by atoms with E-state index in [-0.39, 0.29) is 24.1 Å². The largest absolute Gasteiger partial charge is 0.379 e. The van der Waals surface area contributed by atoms with Gasteiger partial charge in [-0.2, -0.15) is 0 Å². The Labute approximate surface area is 172 Å². The van der Waals surface area contributed by atoms with E-state index in [0.717, 1.165) is 32.8 Å². The first-order valence-corrected chi connectivity index (χ1v) is 11.7. The molecule has 0 bridgehead atoms. The van der Waals surface area contributed by atoms with Gasteiger partial charge in [-0.05, 0) is 30.5 Å². The zero-order chi connectivity index (χ0) is 20.0. The molecule has 7 nitrogen and oxygen atoms in total. The molecule has 0 aromatic heterocycles. The fourth-order valence-corrected chi connectivity index (χ4v) is 5.45. The third kappa shape index (κ3) is 6.15. The Morgan fingerprint density at radius 3 is 2.79 bits per heavy atom. The Morgan fingerprint density at radius 2 is 2.04 bits per heavy atom. The Morgan fingerprint density at radius 1 is 1.25 bits per heavy atom. The highest BCUT2D eigenvalue weighted by molar-refractivity contribution is 7.88. The highest BCUT2D eigenvalue weighted by Gasteiger charge is 2.32. The second-order valence-electron chi connectivity index (χ2n) is 7.33. The number of nitrogens with one attached hydrogen (secondary N) is 1. The van der Waals surface area contributed by atoms with Gasteiger partial charge in [-0.15, -0.1) is 0 Å². The average Bonchev–Trinajstić information content (AvgIpc) is 2.68. The van der Waals surface area contributed by atoms with Crippen molar-refractivity contribution in [1.82, 2.24) is 14.5 Å². The molecule has 2 heterocycles. The summed E-state index contributed by atoms with van der Waals surface area (Å²) in [5, 5.41) is 3.49. The Hall–Kier alpha value is -1.19. The first-order chi connectivity index (χ1) is 13.4. The van der Waals surface area contributed by atoms with Crippen LogP contribution in [0, 0.1) is 5.92 Å². The lowest BCUT2D eigenvalue weighted by Crippen LogP contribution is -2.47. The zero-order valence-corrected chi connectivity index (χ0v) is 17.6. The summed E-state index contributed by atoms with van der Waals surface area (Å²) in [6.45, 7) is 5.30. The normalized spacial score (nSPS) is 22.1. The van der Waals surface area contributed by atoms with E-state index in [2.05, 4.69) is 10.2 Å². The molecule has 2 saturated heterocycles. The molecule has 3 rings (SSSR count). The fraction of sp³-hybridized carbons (Fsp3) is 0.632. The van der Waals surface area contributed by atoms with Crippen molar-refractivity contribution in [3.63, 3.8) is 0 Å². The number of benzene rings is 1. The molecule has 1 atom stereocenters. The summed E-state index contributed by atoms with van der Waals surface area (Å²) >= 11 is 5.96. The standard InChI is InChI=1S/C19H28ClN3O4S/c20-18-5-1-3-16(13-18)15-28(25,26)23-7-2-4-17(14-23)19(24)21-6-8-22-9-11-27-12-10-22/h1,3,5,13,17H,2,4,6-12,14-15H2,(H,21,24)/t17-/m1/s1. The number of morpholine rings is 1. The molecular formula is C19H28ClN3O4S. The van der Waals surface area contributed by atoms with E-state index in [9.17, 15) is 13.2 Å².